The molecule has 0 radical (unpaired) electrons. The largest absolute Gasteiger partial charge is 4.00 e. The monoisotopic (exact) mass is 552 g/mol. The van der Waals surface area contributed by atoms with Gasteiger partial charge in [-0.3, -0.25) is 24.3 Å². The first-order chi connectivity index (χ1) is 13.7. The molecule has 0 saturated carbocycles. The van der Waals surface area contributed by atoms with E-state index in [9.17, 15) is 0 Å². The molecular formula is C28H36Hf. The summed E-state index contributed by atoms with van der Waals surface area (Å²) in [5.41, 5.74) is 5.44. The summed E-state index contributed by atoms with van der Waals surface area (Å²) in [6.07, 6.45) is 38.6. The van der Waals surface area contributed by atoms with Crippen LogP contribution in [0.4, 0.5) is 0 Å². The number of hydrogen-bond acceptors (Lipinski definition) is 0. The van der Waals surface area contributed by atoms with Crippen LogP contribution in [0.1, 0.15) is 79.1 Å². The molecule has 0 nitrogen and oxygen atoms in total. The van der Waals surface area contributed by atoms with Crippen molar-refractivity contribution in [3.05, 3.63) is 95.2 Å². The van der Waals surface area contributed by atoms with Crippen LogP contribution in [0.15, 0.2) is 70.9 Å². The van der Waals surface area contributed by atoms with Crippen molar-refractivity contribution in [2.75, 3.05) is 0 Å². The van der Waals surface area contributed by atoms with Gasteiger partial charge in [-0.2, -0.15) is 24.3 Å². The van der Waals surface area contributed by atoms with E-state index in [4.69, 9.17) is 0 Å². The van der Waals surface area contributed by atoms with Crippen LogP contribution in [0.25, 0.3) is 0 Å². The van der Waals surface area contributed by atoms with Crippen LogP contribution in [-0.4, -0.2) is 0 Å². The van der Waals surface area contributed by atoms with Gasteiger partial charge in [-0.05, 0) is 0 Å². The Balaban J connectivity index is 0.000000356. The molecule has 152 valence electrons. The fraction of sp³-hybridized carbons (Fsp3) is 0.429. The van der Waals surface area contributed by atoms with Crippen LogP contribution in [0.5, 0.6) is 0 Å². The molecule has 0 unspecified atom stereocenters. The molecule has 0 bridgehead atoms. The Morgan fingerprint density at radius 3 is 0.759 bits per heavy atom. The molecule has 0 aliphatic heterocycles. The molecule has 0 spiro atoms. The van der Waals surface area contributed by atoms with Gasteiger partial charge < -0.3 is 0 Å². The van der Waals surface area contributed by atoms with Crippen LogP contribution in [0.2, 0.25) is 0 Å². The average molecular weight is 551 g/mol. The second-order valence-electron chi connectivity index (χ2n) is 6.65. The van der Waals surface area contributed by atoms with Gasteiger partial charge in [0.1, 0.15) is 0 Å². The minimum Gasteiger partial charge on any atom is -0.270 e. The van der Waals surface area contributed by atoms with Gasteiger partial charge in [0, 0.05) is 0 Å². The number of rotatable bonds is 4. The molecule has 1 heteroatoms. The van der Waals surface area contributed by atoms with E-state index in [1.807, 2.05) is 0 Å². The van der Waals surface area contributed by atoms with Crippen molar-refractivity contribution in [3.63, 3.8) is 0 Å². The Labute approximate surface area is 199 Å². The quantitative estimate of drug-likeness (QED) is 0.244. The van der Waals surface area contributed by atoms with Crippen molar-refractivity contribution in [3.8, 4) is 0 Å². The summed E-state index contributed by atoms with van der Waals surface area (Å²) in [6, 6.07) is 0. The van der Waals surface area contributed by atoms with Crippen LogP contribution in [0.3, 0.4) is 0 Å². The zero-order chi connectivity index (χ0) is 20.5. The third kappa shape index (κ3) is 13.6. The third-order valence-corrected chi connectivity index (χ3v) is 4.59. The van der Waals surface area contributed by atoms with E-state index in [1.54, 1.807) is 0 Å². The van der Waals surface area contributed by atoms with Gasteiger partial charge in [-0.1, -0.05) is 53.4 Å². The summed E-state index contributed by atoms with van der Waals surface area (Å²) in [7, 11) is 0. The van der Waals surface area contributed by atoms with Crippen molar-refractivity contribution in [2.45, 2.75) is 79.1 Å². The van der Waals surface area contributed by atoms with E-state index in [-0.39, 0.29) is 25.8 Å². The van der Waals surface area contributed by atoms with Gasteiger partial charge in [0.2, 0.25) is 0 Å². The summed E-state index contributed by atoms with van der Waals surface area (Å²) in [4.78, 5) is 0. The number of allylic oxidation sites excluding steroid dienone is 16. The summed E-state index contributed by atoms with van der Waals surface area (Å²) < 4.78 is 0. The van der Waals surface area contributed by atoms with Gasteiger partial charge in [0.05, 0.1) is 0 Å². The van der Waals surface area contributed by atoms with Gasteiger partial charge in [-0.25, -0.2) is 46.6 Å². The Morgan fingerprint density at radius 2 is 0.690 bits per heavy atom. The van der Waals surface area contributed by atoms with E-state index in [0.717, 1.165) is 51.4 Å². The fourth-order valence-electron chi connectivity index (χ4n) is 2.77. The first kappa shape index (κ1) is 27.8. The van der Waals surface area contributed by atoms with Gasteiger partial charge >= 0.3 is 25.8 Å². The first-order valence-corrected chi connectivity index (χ1v) is 10.8. The molecule has 0 N–H and O–H groups in total. The second kappa shape index (κ2) is 18.8. The molecule has 0 aromatic carbocycles. The van der Waals surface area contributed by atoms with E-state index < -0.39 is 0 Å². The molecule has 0 fully saturated rings. The van der Waals surface area contributed by atoms with Crippen molar-refractivity contribution < 1.29 is 25.8 Å². The molecule has 0 atom stereocenters. The van der Waals surface area contributed by atoms with Gasteiger partial charge in [0.15, 0.2) is 0 Å². The summed E-state index contributed by atoms with van der Waals surface area (Å²) >= 11 is 0. The molecule has 4 aliphatic carbocycles. The second-order valence-corrected chi connectivity index (χ2v) is 6.65. The molecule has 0 amide bonds. The Kier molecular flexibility index (Phi) is 18.0. The first-order valence-electron chi connectivity index (χ1n) is 10.8. The Hall–Kier alpha value is -1.21. The van der Waals surface area contributed by atoms with Crippen LogP contribution < -0.4 is 0 Å². The maximum absolute atomic E-state index is 3.21. The predicted octanol–water partition coefficient (Wildman–Crippen LogP) is 8.34. The average Bonchev–Trinajstić information content (AvgIpc) is 3.57. The normalized spacial score (nSPS) is 17.0. The smallest absolute Gasteiger partial charge is 0.270 e. The molecular weight excluding hydrogens is 515 g/mol. The fourth-order valence-corrected chi connectivity index (χ4v) is 2.77. The van der Waals surface area contributed by atoms with Crippen molar-refractivity contribution in [1.29, 1.82) is 0 Å². The van der Waals surface area contributed by atoms with Crippen LogP contribution in [-0.2, 0) is 25.8 Å². The summed E-state index contributed by atoms with van der Waals surface area (Å²) in [5.74, 6) is 0. The van der Waals surface area contributed by atoms with E-state index in [0.29, 0.717) is 0 Å². The Bertz CT molecular complexity index is 555. The maximum atomic E-state index is 3.21. The molecule has 0 aromatic rings. The summed E-state index contributed by atoms with van der Waals surface area (Å²) in [5, 5.41) is 0. The van der Waals surface area contributed by atoms with Crippen LogP contribution in [0, 0.1) is 24.3 Å². The predicted molar refractivity (Wildman–Crippen MR) is 123 cm³/mol. The molecule has 0 saturated heterocycles. The third-order valence-electron chi connectivity index (χ3n) is 4.59. The van der Waals surface area contributed by atoms with E-state index in [1.165, 1.54) is 22.3 Å². The number of hydrogen-bond donors (Lipinski definition) is 0. The van der Waals surface area contributed by atoms with Gasteiger partial charge in [0.25, 0.3) is 0 Å². The topological polar surface area (TPSA) is 0 Å². The molecule has 0 heterocycles. The minimum absolute atomic E-state index is 0. The molecule has 0 aromatic heterocycles. The SMILES string of the molecule is CCC1=[C-]CC=C1.CCC1=[C-]CC=C1.CCC1=[C-]CC=C1.CCC1=[C-]CC=C1.[Hf+4]. The molecule has 4 rings (SSSR count). The van der Waals surface area contributed by atoms with E-state index in [2.05, 4.69) is 101 Å². The zero-order valence-corrected chi connectivity index (χ0v) is 22.4. The minimum atomic E-state index is 0. The zero-order valence-electron chi connectivity index (χ0n) is 18.8. The summed E-state index contributed by atoms with van der Waals surface area (Å²) in [6.45, 7) is 8.60. The molecule has 29 heavy (non-hydrogen) atoms. The standard InChI is InChI=1S/4C7H9.Hf/c4*1-2-7-5-3-4-6-7;/h4*3,5H,2,4H2,1H3;/q4*-1;+4. The van der Waals surface area contributed by atoms with E-state index >= 15 is 0 Å². The van der Waals surface area contributed by atoms with Crippen molar-refractivity contribution in [2.24, 2.45) is 0 Å². The van der Waals surface area contributed by atoms with Crippen LogP contribution >= 0.6 is 0 Å². The maximum Gasteiger partial charge on any atom is 4.00 e. The van der Waals surface area contributed by atoms with Crippen molar-refractivity contribution >= 4 is 0 Å². The van der Waals surface area contributed by atoms with Gasteiger partial charge in [-0.15, -0.1) is 25.7 Å². The Morgan fingerprint density at radius 1 is 0.483 bits per heavy atom. The molecule has 4 aliphatic rings. The van der Waals surface area contributed by atoms with Crippen molar-refractivity contribution in [1.82, 2.24) is 0 Å².